The van der Waals surface area contributed by atoms with E-state index in [9.17, 15) is 24.6 Å². The first-order valence-corrected chi connectivity index (χ1v) is 16.3. The first kappa shape index (κ1) is 37.2. The minimum atomic E-state index is -1.16. The standard InChI is InChI=1S/C33H55N3O9/c1-10-27-21(5)31-33(7,45-31)13-11-25(38)18(2)15-23(12-14-34-35-22(6)37)30(20(4)26(39)17-28(40)43-27)44-32-29(41)24(36(8)9)16-19(3)42-32/h11,13-14,18-21,23-24,26-27,29-32,39,41H,10,12,15-17H2,1-9H3,(H,35,37)/b13-11-,34-14-/t18-,19+,20+,21-,23+,24+,26-,27-,29+,30-,31+,32+,33+/m1/s1. The van der Waals surface area contributed by atoms with E-state index in [1.165, 1.54) is 6.92 Å². The van der Waals surface area contributed by atoms with Gasteiger partial charge in [-0.1, -0.05) is 27.7 Å². The Hall–Kier alpha value is -2.22. The quantitative estimate of drug-likeness (QED) is 0.164. The van der Waals surface area contributed by atoms with Crippen LogP contribution in [0.15, 0.2) is 17.3 Å². The number of ketones is 1. The van der Waals surface area contributed by atoms with Crippen molar-refractivity contribution in [2.24, 2.45) is 28.8 Å². The van der Waals surface area contributed by atoms with Crippen LogP contribution in [0, 0.1) is 23.7 Å². The second kappa shape index (κ2) is 16.1. The van der Waals surface area contributed by atoms with Gasteiger partial charge in [0.1, 0.15) is 17.8 Å². The molecule has 45 heavy (non-hydrogen) atoms. The van der Waals surface area contributed by atoms with Crippen molar-refractivity contribution in [1.29, 1.82) is 0 Å². The van der Waals surface area contributed by atoms with Gasteiger partial charge in [-0.3, -0.25) is 14.4 Å². The average molecular weight is 638 g/mol. The lowest BCUT2D eigenvalue weighted by molar-refractivity contribution is -0.282. The molecular weight excluding hydrogens is 582 g/mol. The SMILES string of the molecule is CC[C@H]1OC(=O)C[C@@H](O)[C@H](C)[C@@H](O[C@@H]2O[C@@H](C)C[C@H](N(C)C)[C@@H]2O)[C@@H](C/C=N\NC(C)=O)C[C@@H](C)C(=O)/C=C\[C@]2(C)O[C@H]2[C@@H]1C. The zero-order chi connectivity index (χ0) is 33.6. The Morgan fingerprint density at radius 2 is 1.87 bits per heavy atom. The summed E-state index contributed by atoms with van der Waals surface area (Å²) in [4.78, 5) is 39.9. The van der Waals surface area contributed by atoms with Gasteiger partial charge in [0.2, 0.25) is 5.91 Å². The largest absolute Gasteiger partial charge is 0.462 e. The van der Waals surface area contributed by atoms with Crippen LogP contribution in [0.2, 0.25) is 0 Å². The van der Waals surface area contributed by atoms with Gasteiger partial charge in [0.15, 0.2) is 12.1 Å². The number of nitrogens with one attached hydrogen (secondary N) is 1. The summed E-state index contributed by atoms with van der Waals surface area (Å²) in [6.45, 7) is 12.7. The summed E-state index contributed by atoms with van der Waals surface area (Å²) in [5.41, 5.74) is 1.75. The zero-order valence-electron chi connectivity index (χ0n) is 28.3. The van der Waals surface area contributed by atoms with Crippen LogP contribution in [0.5, 0.6) is 0 Å². The molecule has 12 heteroatoms. The molecule has 2 saturated heterocycles. The summed E-state index contributed by atoms with van der Waals surface area (Å²) in [7, 11) is 3.77. The van der Waals surface area contributed by atoms with Crippen molar-refractivity contribution in [2.75, 3.05) is 14.1 Å². The average Bonchev–Trinajstić information content (AvgIpc) is 3.65. The van der Waals surface area contributed by atoms with Crippen molar-refractivity contribution in [3.8, 4) is 0 Å². The van der Waals surface area contributed by atoms with Crippen molar-refractivity contribution in [3.05, 3.63) is 12.2 Å². The Bertz CT molecular complexity index is 1080. The van der Waals surface area contributed by atoms with E-state index in [0.717, 1.165) is 0 Å². The van der Waals surface area contributed by atoms with Gasteiger partial charge >= 0.3 is 5.97 Å². The normalized spacial score (nSPS) is 42.7. The predicted octanol–water partition coefficient (Wildman–Crippen LogP) is 2.59. The molecular formula is C33H55N3O9. The van der Waals surface area contributed by atoms with E-state index >= 15 is 0 Å². The number of esters is 1. The molecule has 0 bridgehead atoms. The lowest BCUT2D eigenvalue weighted by Crippen LogP contribution is -2.56. The molecule has 0 aliphatic carbocycles. The highest BCUT2D eigenvalue weighted by molar-refractivity contribution is 5.91. The molecule has 0 unspecified atom stereocenters. The summed E-state index contributed by atoms with van der Waals surface area (Å²) in [5, 5.41) is 26.7. The number of ether oxygens (including phenoxy) is 4. The van der Waals surface area contributed by atoms with E-state index in [0.29, 0.717) is 19.3 Å². The van der Waals surface area contributed by atoms with E-state index in [1.54, 1.807) is 25.3 Å². The topological polar surface area (TPSA) is 160 Å². The van der Waals surface area contributed by atoms with Gasteiger partial charge in [-0.05, 0) is 71.7 Å². The third kappa shape index (κ3) is 9.89. The van der Waals surface area contributed by atoms with E-state index < -0.39 is 60.0 Å². The van der Waals surface area contributed by atoms with E-state index in [-0.39, 0.29) is 48.7 Å². The van der Waals surface area contributed by atoms with Crippen LogP contribution in [-0.4, -0.2) is 108 Å². The number of fused-ring (bicyclic) bond motifs is 1. The van der Waals surface area contributed by atoms with Gasteiger partial charge in [0.05, 0.1) is 30.8 Å². The van der Waals surface area contributed by atoms with Crippen molar-refractivity contribution >= 4 is 23.9 Å². The minimum absolute atomic E-state index is 0.0883. The Morgan fingerprint density at radius 3 is 2.49 bits per heavy atom. The molecule has 2 fully saturated rings. The number of hydrogen-bond donors (Lipinski definition) is 3. The molecule has 0 saturated carbocycles. The third-order valence-corrected chi connectivity index (χ3v) is 9.61. The number of rotatable bonds is 7. The summed E-state index contributed by atoms with van der Waals surface area (Å²) >= 11 is 0. The number of aliphatic hydroxyl groups is 2. The Labute approximate surface area is 267 Å². The lowest BCUT2D eigenvalue weighted by Gasteiger charge is -2.44. The Morgan fingerprint density at radius 1 is 1.18 bits per heavy atom. The molecule has 0 aromatic heterocycles. The maximum Gasteiger partial charge on any atom is 0.308 e. The molecule has 3 aliphatic heterocycles. The predicted molar refractivity (Wildman–Crippen MR) is 168 cm³/mol. The molecule has 0 aromatic rings. The molecule has 256 valence electrons. The van der Waals surface area contributed by atoms with Gasteiger partial charge in [0, 0.05) is 36.9 Å². The number of amides is 1. The number of epoxide rings is 1. The van der Waals surface area contributed by atoms with E-state index in [1.807, 2.05) is 53.6 Å². The number of allylic oxidation sites excluding steroid dienone is 1. The number of cyclic esters (lactones) is 1. The molecule has 3 heterocycles. The molecule has 0 spiro atoms. The highest BCUT2D eigenvalue weighted by Crippen LogP contribution is 2.45. The summed E-state index contributed by atoms with van der Waals surface area (Å²) in [6.07, 6.45) is 1.63. The number of nitrogens with zero attached hydrogens (tertiary/aromatic N) is 2. The zero-order valence-corrected chi connectivity index (χ0v) is 28.3. The summed E-state index contributed by atoms with van der Waals surface area (Å²) in [5.74, 6) is -2.57. The summed E-state index contributed by atoms with van der Waals surface area (Å²) in [6, 6.07) is -0.228. The minimum Gasteiger partial charge on any atom is -0.462 e. The van der Waals surface area contributed by atoms with Crippen LogP contribution in [0.25, 0.3) is 0 Å². The maximum absolute atomic E-state index is 13.4. The Balaban J connectivity index is 2.01. The van der Waals surface area contributed by atoms with Gasteiger partial charge < -0.3 is 34.1 Å². The molecule has 12 nitrogen and oxygen atoms in total. The highest BCUT2D eigenvalue weighted by atomic mass is 16.7. The second-order valence-electron chi connectivity index (χ2n) is 13.7. The first-order valence-electron chi connectivity index (χ1n) is 16.3. The smallest absolute Gasteiger partial charge is 0.308 e. The van der Waals surface area contributed by atoms with Crippen LogP contribution in [0.4, 0.5) is 0 Å². The van der Waals surface area contributed by atoms with Crippen molar-refractivity contribution in [3.63, 3.8) is 0 Å². The van der Waals surface area contributed by atoms with E-state index in [4.69, 9.17) is 18.9 Å². The van der Waals surface area contributed by atoms with Crippen molar-refractivity contribution in [1.82, 2.24) is 10.3 Å². The lowest BCUT2D eigenvalue weighted by atomic mass is 9.79. The van der Waals surface area contributed by atoms with Crippen LogP contribution >= 0.6 is 0 Å². The number of carbonyl (C=O) groups is 3. The monoisotopic (exact) mass is 637 g/mol. The number of hydrazone groups is 1. The molecule has 0 radical (unpaired) electrons. The number of likely N-dealkylation sites (N-methyl/N-ethyl adjacent to an activating group) is 1. The van der Waals surface area contributed by atoms with Gasteiger partial charge in [0.25, 0.3) is 0 Å². The van der Waals surface area contributed by atoms with Gasteiger partial charge in [-0.15, -0.1) is 0 Å². The van der Waals surface area contributed by atoms with Gasteiger partial charge in [-0.25, -0.2) is 5.43 Å². The molecule has 13 atom stereocenters. The molecule has 1 amide bonds. The molecule has 3 aliphatic rings. The highest BCUT2D eigenvalue weighted by Gasteiger charge is 2.55. The molecule has 0 aromatic carbocycles. The number of carbonyl (C=O) groups excluding carboxylic acids is 3. The summed E-state index contributed by atoms with van der Waals surface area (Å²) < 4.78 is 24.5. The fourth-order valence-electron chi connectivity index (χ4n) is 6.70. The third-order valence-electron chi connectivity index (χ3n) is 9.61. The number of hydrogen-bond acceptors (Lipinski definition) is 11. The van der Waals surface area contributed by atoms with Crippen molar-refractivity contribution < 1.29 is 43.5 Å². The van der Waals surface area contributed by atoms with Crippen LogP contribution in [0.1, 0.15) is 80.6 Å². The second-order valence-corrected chi connectivity index (χ2v) is 13.7. The maximum atomic E-state index is 13.4. The van der Waals surface area contributed by atoms with E-state index in [2.05, 4.69) is 10.5 Å². The van der Waals surface area contributed by atoms with Crippen LogP contribution in [-0.2, 0) is 33.3 Å². The van der Waals surface area contributed by atoms with Crippen LogP contribution < -0.4 is 5.43 Å². The Kier molecular flexibility index (Phi) is 13.3. The van der Waals surface area contributed by atoms with Gasteiger partial charge in [-0.2, -0.15) is 5.10 Å². The first-order chi connectivity index (χ1) is 21.1. The van der Waals surface area contributed by atoms with Crippen molar-refractivity contribution in [2.45, 2.75) is 135 Å². The molecule has 3 N–H and O–H groups in total. The fourth-order valence-corrected chi connectivity index (χ4v) is 6.70. The van der Waals surface area contributed by atoms with Crippen LogP contribution in [0.3, 0.4) is 0 Å². The molecule has 3 rings (SSSR count). The number of aliphatic hydroxyl groups excluding tert-OH is 2. The fraction of sp³-hybridized carbons (Fsp3) is 0.818.